The van der Waals surface area contributed by atoms with Gasteiger partial charge in [0.1, 0.15) is 5.67 Å². The van der Waals surface area contributed by atoms with Crippen molar-refractivity contribution in [2.45, 2.75) is 99.1 Å². The molecule has 0 aromatic carbocycles. The Morgan fingerprint density at radius 2 is 1.39 bits per heavy atom. The molecule has 0 spiro atoms. The van der Waals surface area contributed by atoms with Crippen molar-refractivity contribution < 1.29 is 4.39 Å². The lowest BCUT2D eigenvalue weighted by Crippen LogP contribution is -2.42. The van der Waals surface area contributed by atoms with Crippen LogP contribution in [0.4, 0.5) is 4.39 Å². The predicted molar refractivity (Wildman–Crippen MR) is 103 cm³/mol. The van der Waals surface area contributed by atoms with Crippen LogP contribution in [0.15, 0.2) is 0 Å². The molecule has 1 saturated heterocycles. The summed E-state index contributed by atoms with van der Waals surface area (Å²) in [5.41, 5.74) is -0.854. The fourth-order valence-electron chi connectivity index (χ4n) is 3.56. The van der Waals surface area contributed by atoms with Crippen LogP contribution in [0.1, 0.15) is 93.4 Å². The van der Waals surface area contributed by atoms with E-state index in [0.717, 1.165) is 44.3 Å². The van der Waals surface area contributed by atoms with Crippen molar-refractivity contribution in [1.82, 2.24) is 4.90 Å². The molecular formula is C21H44FN. The van der Waals surface area contributed by atoms with Gasteiger partial charge in [0.05, 0.1) is 0 Å². The van der Waals surface area contributed by atoms with Gasteiger partial charge in [-0.05, 0) is 37.0 Å². The summed E-state index contributed by atoms with van der Waals surface area (Å²) in [6.45, 7) is 18.7. The third-order valence-corrected chi connectivity index (χ3v) is 5.27. The molecule has 0 saturated carbocycles. The van der Waals surface area contributed by atoms with Crippen molar-refractivity contribution in [3.05, 3.63) is 0 Å². The molecule has 0 N–H and O–H groups in total. The fraction of sp³-hybridized carbons (Fsp3) is 1.00. The number of alkyl halides is 1. The number of halogens is 1. The van der Waals surface area contributed by atoms with Gasteiger partial charge < -0.3 is 4.90 Å². The van der Waals surface area contributed by atoms with Crippen molar-refractivity contribution in [2.24, 2.45) is 17.8 Å². The van der Waals surface area contributed by atoms with E-state index < -0.39 is 5.67 Å². The van der Waals surface area contributed by atoms with Crippen LogP contribution in [0.5, 0.6) is 0 Å². The SMILES string of the molecule is CCC1(F)CCN(CC(C)C)CC1.CCCC(CCC)C(C)C. The van der Waals surface area contributed by atoms with Crippen LogP contribution in [0, 0.1) is 17.8 Å². The average molecular weight is 330 g/mol. The molecule has 0 aromatic rings. The van der Waals surface area contributed by atoms with Gasteiger partial charge in [-0.2, -0.15) is 0 Å². The smallest absolute Gasteiger partial charge is 0.113 e. The van der Waals surface area contributed by atoms with Gasteiger partial charge in [0.25, 0.3) is 0 Å². The Morgan fingerprint density at radius 3 is 1.70 bits per heavy atom. The van der Waals surface area contributed by atoms with E-state index in [1.807, 2.05) is 6.92 Å². The van der Waals surface area contributed by atoms with Crippen molar-refractivity contribution in [1.29, 1.82) is 0 Å². The summed E-state index contributed by atoms with van der Waals surface area (Å²) in [7, 11) is 0. The summed E-state index contributed by atoms with van der Waals surface area (Å²) >= 11 is 0. The predicted octanol–water partition coefficient (Wildman–Crippen LogP) is 6.72. The van der Waals surface area contributed by atoms with Gasteiger partial charge in [-0.3, -0.25) is 0 Å². The van der Waals surface area contributed by atoms with Crippen molar-refractivity contribution in [3.63, 3.8) is 0 Å². The van der Waals surface area contributed by atoms with Gasteiger partial charge >= 0.3 is 0 Å². The summed E-state index contributed by atoms with van der Waals surface area (Å²) in [5, 5.41) is 0. The topological polar surface area (TPSA) is 3.24 Å². The molecule has 1 aliphatic rings. The maximum atomic E-state index is 13.8. The number of hydrogen-bond donors (Lipinski definition) is 0. The highest BCUT2D eigenvalue weighted by Crippen LogP contribution is 2.29. The summed E-state index contributed by atoms with van der Waals surface area (Å²) in [6, 6.07) is 0. The number of nitrogens with zero attached hydrogens (tertiary/aromatic N) is 1. The summed E-state index contributed by atoms with van der Waals surface area (Å²) in [5.74, 6) is 2.57. The molecule has 1 heterocycles. The van der Waals surface area contributed by atoms with Crippen LogP contribution < -0.4 is 0 Å². The van der Waals surface area contributed by atoms with Crippen LogP contribution in [-0.4, -0.2) is 30.2 Å². The van der Waals surface area contributed by atoms with E-state index in [9.17, 15) is 4.39 Å². The molecule has 1 nitrogen and oxygen atoms in total. The molecule has 1 rings (SSSR count). The average Bonchev–Trinajstić information content (AvgIpc) is 2.50. The van der Waals surface area contributed by atoms with E-state index in [0.29, 0.717) is 12.3 Å². The molecular weight excluding hydrogens is 285 g/mol. The van der Waals surface area contributed by atoms with Gasteiger partial charge in [-0.25, -0.2) is 4.39 Å². The Morgan fingerprint density at radius 1 is 0.913 bits per heavy atom. The zero-order valence-corrected chi connectivity index (χ0v) is 17.1. The Kier molecular flexibility index (Phi) is 12.2. The molecule has 0 radical (unpaired) electrons. The fourth-order valence-corrected chi connectivity index (χ4v) is 3.56. The molecule has 0 aromatic heterocycles. The Hall–Kier alpha value is -0.110. The minimum atomic E-state index is -0.854. The van der Waals surface area contributed by atoms with Crippen LogP contribution in [0.2, 0.25) is 0 Å². The van der Waals surface area contributed by atoms with Crippen molar-refractivity contribution >= 4 is 0 Å². The first-order valence-corrected chi connectivity index (χ1v) is 10.2. The summed E-state index contributed by atoms with van der Waals surface area (Å²) in [6.07, 6.45) is 7.69. The van der Waals surface area contributed by atoms with E-state index in [2.05, 4.69) is 46.4 Å². The zero-order valence-electron chi connectivity index (χ0n) is 17.1. The number of likely N-dealkylation sites (tertiary alicyclic amines) is 1. The first-order chi connectivity index (χ1) is 10.8. The molecule has 0 atom stereocenters. The highest BCUT2D eigenvalue weighted by atomic mass is 19.1. The Bertz CT molecular complexity index is 261. The van der Waals surface area contributed by atoms with E-state index in [1.165, 1.54) is 25.7 Å². The molecule has 140 valence electrons. The second-order valence-corrected chi connectivity index (χ2v) is 8.28. The van der Waals surface area contributed by atoms with Gasteiger partial charge in [-0.15, -0.1) is 0 Å². The van der Waals surface area contributed by atoms with Crippen LogP contribution in [-0.2, 0) is 0 Å². The first kappa shape index (κ1) is 22.9. The van der Waals surface area contributed by atoms with E-state index in [4.69, 9.17) is 0 Å². The molecule has 1 aliphatic heterocycles. The second kappa shape index (κ2) is 12.3. The standard InChI is InChI=1S/C11H22FN.C10H22/c1-4-11(12)5-7-13(8-6-11)9-10(2)3;1-5-7-10(8-6-2)9(3)4/h10H,4-9H2,1-3H3;9-10H,5-8H2,1-4H3. The van der Waals surface area contributed by atoms with Crippen molar-refractivity contribution in [3.8, 4) is 0 Å². The lowest BCUT2D eigenvalue weighted by atomic mass is 9.88. The lowest BCUT2D eigenvalue weighted by molar-refractivity contribution is 0.0504. The zero-order chi connectivity index (χ0) is 17.9. The second-order valence-electron chi connectivity index (χ2n) is 8.28. The minimum absolute atomic E-state index is 0.683. The largest absolute Gasteiger partial charge is 0.303 e. The van der Waals surface area contributed by atoms with Crippen LogP contribution in [0.25, 0.3) is 0 Å². The van der Waals surface area contributed by atoms with Gasteiger partial charge in [-0.1, -0.05) is 74.1 Å². The molecule has 0 bridgehead atoms. The van der Waals surface area contributed by atoms with Gasteiger partial charge in [0.2, 0.25) is 0 Å². The van der Waals surface area contributed by atoms with E-state index in [-0.39, 0.29) is 0 Å². The normalized spacial score (nSPS) is 18.4. The first-order valence-electron chi connectivity index (χ1n) is 10.2. The lowest BCUT2D eigenvalue weighted by Gasteiger charge is -2.36. The highest BCUT2D eigenvalue weighted by molar-refractivity contribution is 4.85. The number of rotatable bonds is 8. The maximum absolute atomic E-state index is 13.8. The third kappa shape index (κ3) is 10.4. The van der Waals surface area contributed by atoms with Crippen molar-refractivity contribution in [2.75, 3.05) is 19.6 Å². The third-order valence-electron chi connectivity index (χ3n) is 5.27. The van der Waals surface area contributed by atoms with Gasteiger partial charge in [0, 0.05) is 19.6 Å². The minimum Gasteiger partial charge on any atom is -0.303 e. The quantitative estimate of drug-likeness (QED) is 0.478. The number of piperidine rings is 1. The maximum Gasteiger partial charge on any atom is 0.113 e. The van der Waals surface area contributed by atoms with E-state index >= 15 is 0 Å². The Balaban J connectivity index is 0.000000438. The monoisotopic (exact) mass is 329 g/mol. The molecule has 2 heteroatoms. The Labute approximate surface area is 146 Å². The van der Waals surface area contributed by atoms with Gasteiger partial charge in [0.15, 0.2) is 0 Å². The van der Waals surface area contributed by atoms with E-state index in [1.54, 1.807) is 0 Å². The number of hydrogen-bond acceptors (Lipinski definition) is 1. The molecule has 23 heavy (non-hydrogen) atoms. The molecule has 0 amide bonds. The summed E-state index contributed by atoms with van der Waals surface area (Å²) < 4.78 is 13.8. The highest BCUT2D eigenvalue weighted by Gasteiger charge is 2.32. The molecule has 0 unspecified atom stereocenters. The van der Waals surface area contributed by atoms with Crippen LogP contribution in [0.3, 0.4) is 0 Å². The molecule has 1 fully saturated rings. The summed E-state index contributed by atoms with van der Waals surface area (Å²) in [4.78, 5) is 2.39. The van der Waals surface area contributed by atoms with Crippen LogP contribution >= 0.6 is 0 Å². The molecule has 0 aliphatic carbocycles.